The zero-order valence-electron chi connectivity index (χ0n) is 12.8. The van der Waals surface area contributed by atoms with Crippen molar-refractivity contribution in [3.63, 3.8) is 0 Å². The zero-order valence-corrected chi connectivity index (χ0v) is 15.2. The molecular weight excluding hydrogens is 371 g/mol. The molecule has 2 N–H and O–H groups in total. The number of anilines is 1. The number of hydrogen-bond acceptors (Lipinski definition) is 3. The average molecular weight is 387 g/mol. The van der Waals surface area contributed by atoms with Crippen LogP contribution < -0.4 is 10.0 Å². The van der Waals surface area contributed by atoms with Crippen molar-refractivity contribution in [2.24, 2.45) is 0 Å². The number of amides is 1. The van der Waals surface area contributed by atoms with Crippen LogP contribution in [0, 0.1) is 0 Å². The summed E-state index contributed by atoms with van der Waals surface area (Å²) in [4.78, 5) is 11.8. The summed E-state index contributed by atoms with van der Waals surface area (Å²) in [5.41, 5.74) is 0.570. The summed E-state index contributed by atoms with van der Waals surface area (Å²) in [7, 11) is -3.94. The Morgan fingerprint density at radius 1 is 1.08 bits per heavy atom. The van der Waals surface area contributed by atoms with Crippen LogP contribution in [0.4, 0.5) is 5.69 Å². The van der Waals surface area contributed by atoms with Gasteiger partial charge in [0.1, 0.15) is 4.90 Å². The molecule has 0 aromatic heterocycles. The van der Waals surface area contributed by atoms with Gasteiger partial charge in [0.25, 0.3) is 15.9 Å². The molecule has 0 aliphatic rings. The predicted octanol–water partition coefficient (Wildman–Crippen LogP) is 3.93. The van der Waals surface area contributed by atoms with E-state index in [1.54, 1.807) is 12.1 Å². The molecule has 0 bridgehead atoms. The largest absolute Gasteiger partial charge is 0.352 e. The smallest absolute Gasteiger partial charge is 0.263 e. The molecule has 0 radical (unpaired) electrons. The van der Waals surface area contributed by atoms with Crippen LogP contribution in [0.5, 0.6) is 0 Å². The van der Waals surface area contributed by atoms with Crippen molar-refractivity contribution >= 4 is 44.8 Å². The zero-order chi connectivity index (χ0) is 17.7. The molecule has 0 atom stereocenters. The van der Waals surface area contributed by atoms with E-state index in [0.29, 0.717) is 17.3 Å². The highest BCUT2D eigenvalue weighted by Crippen LogP contribution is 2.25. The summed E-state index contributed by atoms with van der Waals surface area (Å²) >= 11 is 11.8. The predicted molar refractivity (Wildman–Crippen MR) is 96.3 cm³/mol. The topological polar surface area (TPSA) is 75.3 Å². The maximum absolute atomic E-state index is 12.5. The number of nitrogens with one attached hydrogen (secondary N) is 2. The Morgan fingerprint density at radius 2 is 1.75 bits per heavy atom. The molecule has 0 spiro atoms. The maximum Gasteiger partial charge on any atom is 0.263 e. The van der Waals surface area contributed by atoms with Gasteiger partial charge in [0.05, 0.1) is 5.02 Å². The second kappa shape index (κ2) is 7.88. The van der Waals surface area contributed by atoms with E-state index in [9.17, 15) is 13.2 Å². The van der Waals surface area contributed by atoms with Gasteiger partial charge in [-0.1, -0.05) is 30.1 Å². The fourth-order valence-electron chi connectivity index (χ4n) is 1.92. The highest BCUT2D eigenvalue weighted by Gasteiger charge is 2.20. The van der Waals surface area contributed by atoms with Crippen LogP contribution in [0.15, 0.2) is 47.4 Å². The molecular formula is C16H16Cl2N2O3S. The van der Waals surface area contributed by atoms with Gasteiger partial charge in [-0.05, 0) is 48.9 Å². The molecule has 0 saturated heterocycles. The van der Waals surface area contributed by atoms with Gasteiger partial charge >= 0.3 is 0 Å². The van der Waals surface area contributed by atoms with Crippen molar-refractivity contribution in [1.29, 1.82) is 0 Å². The second-order valence-corrected chi connectivity index (χ2v) is 7.51. The first-order valence-electron chi connectivity index (χ1n) is 7.19. The highest BCUT2D eigenvalue weighted by atomic mass is 35.5. The minimum Gasteiger partial charge on any atom is -0.352 e. The van der Waals surface area contributed by atoms with E-state index in [1.165, 1.54) is 30.3 Å². The Morgan fingerprint density at radius 3 is 2.38 bits per heavy atom. The first kappa shape index (κ1) is 18.6. The lowest BCUT2D eigenvalue weighted by molar-refractivity contribution is 0.0953. The summed E-state index contributed by atoms with van der Waals surface area (Å²) in [5, 5.41) is 3.21. The van der Waals surface area contributed by atoms with E-state index < -0.39 is 10.0 Å². The Kier molecular flexibility index (Phi) is 6.10. The lowest BCUT2D eigenvalue weighted by Crippen LogP contribution is -2.24. The Bertz CT molecular complexity index is 837. The lowest BCUT2D eigenvalue weighted by atomic mass is 10.2. The number of rotatable bonds is 6. The normalized spacial score (nSPS) is 11.1. The molecule has 2 aromatic carbocycles. The van der Waals surface area contributed by atoms with Gasteiger partial charge in [-0.25, -0.2) is 8.42 Å². The van der Waals surface area contributed by atoms with E-state index in [4.69, 9.17) is 23.2 Å². The molecule has 8 heteroatoms. The number of carbonyl (C=O) groups is 1. The van der Waals surface area contributed by atoms with Crippen molar-refractivity contribution in [1.82, 2.24) is 5.32 Å². The van der Waals surface area contributed by atoms with Crippen LogP contribution in [0.25, 0.3) is 0 Å². The van der Waals surface area contributed by atoms with Gasteiger partial charge in [0, 0.05) is 22.8 Å². The first-order valence-corrected chi connectivity index (χ1v) is 9.43. The van der Waals surface area contributed by atoms with Gasteiger partial charge < -0.3 is 5.32 Å². The number of carbonyl (C=O) groups excluding carboxylic acids is 1. The molecule has 1 amide bonds. The monoisotopic (exact) mass is 386 g/mol. The fourth-order valence-corrected chi connectivity index (χ4v) is 3.63. The Hall–Kier alpha value is -1.76. The van der Waals surface area contributed by atoms with Crippen LogP contribution in [0.1, 0.15) is 23.7 Å². The third-order valence-electron chi connectivity index (χ3n) is 3.11. The molecule has 5 nitrogen and oxygen atoms in total. The number of benzene rings is 2. The molecule has 2 aromatic rings. The van der Waals surface area contributed by atoms with Gasteiger partial charge in [0.15, 0.2) is 0 Å². The van der Waals surface area contributed by atoms with E-state index in [2.05, 4.69) is 10.0 Å². The Labute approximate surface area is 151 Å². The van der Waals surface area contributed by atoms with Gasteiger partial charge in [-0.2, -0.15) is 0 Å². The van der Waals surface area contributed by atoms with Crippen LogP contribution >= 0.6 is 23.2 Å². The van der Waals surface area contributed by atoms with Gasteiger partial charge in [-0.15, -0.1) is 0 Å². The van der Waals surface area contributed by atoms with E-state index in [1.807, 2.05) is 6.92 Å². The van der Waals surface area contributed by atoms with Crippen molar-refractivity contribution in [2.45, 2.75) is 18.2 Å². The molecule has 2 rings (SSSR count). The first-order chi connectivity index (χ1) is 11.3. The molecule has 128 valence electrons. The SMILES string of the molecule is CCCNC(=O)c1ccc(Cl)c(S(=O)(=O)Nc2ccc(Cl)cc2)c1. The molecule has 0 heterocycles. The quantitative estimate of drug-likeness (QED) is 0.789. The minimum absolute atomic E-state index is 0.0310. The third kappa shape index (κ3) is 4.63. The lowest BCUT2D eigenvalue weighted by Gasteiger charge is -2.11. The molecule has 0 fully saturated rings. The fraction of sp³-hybridized carbons (Fsp3) is 0.188. The van der Waals surface area contributed by atoms with Crippen molar-refractivity contribution in [3.8, 4) is 0 Å². The van der Waals surface area contributed by atoms with Crippen LogP contribution in [0.3, 0.4) is 0 Å². The molecule has 24 heavy (non-hydrogen) atoms. The van der Waals surface area contributed by atoms with Gasteiger partial charge in [0.2, 0.25) is 0 Å². The van der Waals surface area contributed by atoms with Crippen molar-refractivity contribution in [3.05, 3.63) is 58.1 Å². The maximum atomic E-state index is 12.5. The van der Waals surface area contributed by atoms with E-state index in [0.717, 1.165) is 6.42 Å². The van der Waals surface area contributed by atoms with E-state index >= 15 is 0 Å². The summed E-state index contributed by atoms with van der Waals surface area (Å²) in [6, 6.07) is 10.3. The van der Waals surface area contributed by atoms with Crippen molar-refractivity contribution in [2.75, 3.05) is 11.3 Å². The highest BCUT2D eigenvalue weighted by molar-refractivity contribution is 7.92. The van der Waals surface area contributed by atoms with Gasteiger partial charge in [-0.3, -0.25) is 9.52 Å². The summed E-state index contributed by atoms with van der Waals surface area (Å²) in [5.74, 6) is -0.351. The Balaban J connectivity index is 2.31. The third-order valence-corrected chi connectivity index (χ3v) is 5.23. The number of hydrogen-bond donors (Lipinski definition) is 2. The summed E-state index contributed by atoms with van der Waals surface area (Å²) in [6.45, 7) is 2.43. The molecule has 0 aliphatic carbocycles. The summed E-state index contributed by atoms with van der Waals surface area (Å²) in [6.07, 6.45) is 0.780. The van der Waals surface area contributed by atoms with Crippen LogP contribution in [0.2, 0.25) is 10.0 Å². The molecule has 0 unspecified atom stereocenters. The standard InChI is InChI=1S/C16H16Cl2N2O3S/c1-2-9-19-16(21)11-3-8-14(18)15(10-11)24(22,23)20-13-6-4-12(17)5-7-13/h3-8,10,20H,2,9H2,1H3,(H,19,21). The van der Waals surface area contributed by atoms with Crippen LogP contribution in [-0.2, 0) is 10.0 Å². The molecule has 0 aliphatic heterocycles. The van der Waals surface area contributed by atoms with Crippen LogP contribution in [-0.4, -0.2) is 20.9 Å². The second-order valence-electron chi connectivity index (χ2n) is 5.01. The number of sulfonamides is 1. The summed E-state index contributed by atoms with van der Waals surface area (Å²) < 4.78 is 27.5. The average Bonchev–Trinajstić information content (AvgIpc) is 2.54. The number of halogens is 2. The molecule has 0 saturated carbocycles. The minimum atomic E-state index is -3.94. The van der Waals surface area contributed by atoms with Crippen molar-refractivity contribution < 1.29 is 13.2 Å². The van der Waals surface area contributed by atoms with E-state index in [-0.39, 0.29) is 21.4 Å².